The molecule has 0 unspecified atom stereocenters. The molecule has 0 heterocycles. The predicted molar refractivity (Wildman–Crippen MR) is 100 cm³/mol. The van der Waals surface area contributed by atoms with E-state index in [2.05, 4.69) is 5.32 Å². The van der Waals surface area contributed by atoms with Gasteiger partial charge in [-0.3, -0.25) is 14.4 Å². The Bertz CT molecular complexity index is 989. The van der Waals surface area contributed by atoms with Crippen molar-refractivity contribution in [2.24, 2.45) is 0 Å². The fourth-order valence-electron chi connectivity index (χ4n) is 4.17. The Balaban J connectivity index is 1.80. The first kappa shape index (κ1) is 18.1. The Morgan fingerprint density at radius 1 is 0.964 bits per heavy atom. The van der Waals surface area contributed by atoms with Crippen LogP contribution in [-0.2, 0) is 27.2 Å². The minimum Gasteiger partial charge on any atom is -0.464 e. The van der Waals surface area contributed by atoms with E-state index in [-0.39, 0.29) is 36.9 Å². The van der Waals surface area contributed by atoms with Gasteiger partial charge in [-0.05, 0) is 30.2 Å². The molecule has 2 aromatic carbocycles. The summed E-state index contributed by atoms with van der Waals surface area (Å²) in [5, 5.41) is 2.73. The van der Waals surface area contributed by atoms with E-state index >= 15 is 0 Å². The van der Waals surface area contributed by atoms with Gasteiger partial charge in [-0.2, -0.15) is 0 Å². The Hall–Kier alpha value is -3.28. The molecule has 0 saturated carbocycles. The molecular weight excluding hydrogens is 358 g/mol. The Kier molecular flexibility index (Phi) is 4.14. The van der Waals surface area contributed by atoms with Crippen LogP contribution in [0.5, 0.6) is 0 Å². The van der Waals surface area contributed by atoms with E-state index in [0.717, 1.165) is 11.1 Å². The highest BCUT2D eigenvalue weighted by Gasteiger charge is 2.47. The van der Waals surface area contributed by atoms with Crippen LogP contribution in [0.3, 0.4) is 0 Å². The lowest BCUT2D eigenvalue weighted by atomic mass is 9.82. The first-order valence-electron chi connectivity index (χ1n) is 9.16. The Morgan fingerprint density at radius 2 is 1.46 bits per heavy atom. The largest absolute Gasteiger partial charge is 0.464 e. The summed E-state index contributed by atoms with van der Waals surface area (Å²) in [6.45, 7) is 3.24. The van der Waals surface area contributed by atoms with Crippen molar-refractivity contribution in [1.82, 2.24) is 5.32 Å². The van der Waals surface area contributed by atoms with Gasteiger partial charge in [0.2, 0.25) is 5.91 Å². The van der Waals surface area contributed by atoms with Crippen LogP contribution >= 0.6 is 0 Å². The van der Waals surface area contributed by atoms with E-state index in [4.69, 9.17) is 4.74 Å². The molecule has 0 spiro atoms. The van der Waals surface area contributed by atoms with E-state index in [9.17, 15) is 19.2 Å². The van der Waals surface area contributed by atoms with Crippen molar-refractivity contribution in [1.29, 1.82) is 0 Å². The quantitative estimate of drug-likeness (QED) is 0.705. The molecule has 1 N–H and O–H groups in total. The summed E-state index contributed by atoms with van der Waals surface area (Å²) in [4.78, 5) is 50.2. The minimum absolute atomic E-state index is 0.194. The molecule has 6 nitrogen and oxygen atoms in total. The van der Waals surface area contributed by atoms with Gasteiger partial charge in [-0.25, -0.2) is 4.79 Å². The monoisotopic (exact) mass is 377 g/mol. The second kappa shape index (κ2) is 6.41. The molecule has 0 bridgehead atoms. The van der Waals surface area contributed by atoms with Crippen molar-refractivity contribution in [3.05, 3.63) is 69.8 Å². The molecule has 2 aromatic rings. The number of ether oxygens (including phenoxy) is 1. The van der Waals surface area contributed by atoms with Crippen LogP contribution in [0.25, 0.3) is 0 Å². The average Bonchev–Trinajstić information content (AvgIpc) is 3.02. The third-order valence-corrected chi connectivity index (χ3v) is 5.31. The molecule has 0 aliphatic heterocycles. The number of hydrogen-bond acceptors (Lipinski definition) is 5. The minimum atomic E-state index is -1.22. The first-order chi connectivity index (χ1) is 13.4. The van der Waals surface area contributed by atoms with Gasteiger partial charge in [0.05, 0.1) is 6.61 Å². The molecule has 0 atom stereocenters. The summed E-state index contributed by atoms with van der Waals surface area (Å²) in [5.41, 5.74) is 1.76. The molecule has 0 saturated heterocycles. The highest BCUT2D eigenvalue weighted by Crippen LogP contribution is 2.36. The third-order valence-electron chi connectivity index (χ3n) is 5.31. The van der Waals surface area contributed by atoms with Gasteiger partial charge in [-0.15, -0.1) is 0 Å². The number of nitrogens with one attached hydrogen (secondary N) is 1. The van der Waals surface area contributed by atoms with Crippen LogP contribution in [0.1, 0.15) is 56.8 Å². The van der Waals surface area contributed by atoms with Gasteiger partial charge in [0, 0.05) is 42.0 Å². The molecule has 2 aliphatic carbocycles. The SMILES string of the molecule is CCOC(=O)C1(NC(C)=O)Cc2cc3c(cc2C1)C(=O)c1ccccc1C3=O. The smallest absolute Gasteiger partial charge is 0.332 e. The second-order valence-corrected chi connectivity index (χ2v) is 7.21. The van der Waals surface area contributed by atoms with Gasteiger partial charge in [0.15, 0.2) is 11.6 Å². The van der Waals surface area contributed by atoms with E-state index in [1.165, 1.54) is 6.92 Å². The van der Waals surface area contributed by atoms with Crippen LogP contribution in [0, 0.1) is 0 Å². The van der Waals surface area contributed by atoms with Crippen molar-refractivity contribution in [3.63, 3.8) is 0 Å². The summed E-state index contributed by atoms with van der Waals surface area (Å²) in [6, 6.07) is 10.1. The van der Waals surface area contributed by atoms with Crippen molar-refractivity contribution >= 4 is 23.4 Å². The highest BCUT2D eigenvalue weighted by atomic mass is 16.5. The number of rotatable bonds is 3. The maximum atomic E-state index is 12.9. The topological polar surface area (TPSA) is 89.5 Å². The summed E-state index contributed by atoms with van der Waals surface area (Å²) in [7, 11) is 0. The lowest BCUT2D eigenvalue weighted by Gasteiger charge is -2.27. The van der Waals surface area contributed by atoms with Gasteiger partial charge >= 0.3 is 5.97 Å². The van der Waals surface area contributed by atoms with Gasteiger partial charge < -0.3 is 10.1 Å². The molecule has 2 aliphatic rings. The zero-order valence-corrected chi connectivity index (χ0v) is 15.6. The van der Waals surface area contributed by atoms with Gasteiger partial charge in [0.25, 0.3) is 0 Å². The zero-order chi connectivity index (χ0) is 20.1. The fourth-order valence-corrected chi connectivity index (χ4v) is 4.17. The zero-order valence-electron chi connectivity index (χ0n) is 15.6. The average molecular weight is 377 g/mol. The number of amides is 1. The first-order valence-corrected chi connectivity index (χ1v) is 9.16. The van der Waals surface area contributed by atoms with Crippen molar-refractivity contribution in [3.8, 4) is 0 Å². The van der Waals surface area contributed by atoms with Crippen LogP contribution in [0.15, 0.2) is 36.4 Å². The molecule has 6 heteroatoms. The van der Waals surface area contributed by atoms with Gasteiger partial charge in [0.1, 0.15) is 5.54 Å². The van der Waals surface area contributed by atoms with E-state index in [1.54, 1.807) is 43.3 Å². The number of benzene rings is 2. The standard InChI is InChI=1S/C22H19NO5/c1-3-28-21(27)22(23-12(2)24)10-13-8-17-18(9-14(13)11-22)20(26)16-7-5-4-6-15(16)19(17)25/h4-9H,3,10-11H2,1-2H3,(H,23,24). The van der Waals surface area contributed by atoms with E-state index in [0.29, 0.717) is 22.3 Å². The second-order valence-electron chi connectivity index (χ2n) is 7.21. The number of hydrogen-bond donors (Lipinski definition) is 1. The predicted octanol–water partition coefficient (Wildman–Crippen LogP) is 2.00. The number of fused-ring (bicyclic) bond motifs is 3. The summed E-state index contributed by atoms with van der Waals surface area (Å²) in [5.74, 6) is -1.27. The van der Waals surface area contributed by atoms with E-state index < -0.39 is 11.5 Å². The Labute approximate surface area is 161 Å². The maximum absolute atomic E-state index is 12.9. The number of carbonyl (C=O) groups is 4. The van der Waals surface area contributed by atoms with Crippen molar-refractivity contribution < 1.29 is 23.9 Å². The summed E-state index contributed by atoms with van der Waals surface area (Å²) < 4.78 is 5.19. The Morgan fingerprint density at radius 3 is 1.89 bits per heavy atom. The fraction of sp³-hybridized carbons (Fsp3) is 0.273. The van der Waals surface area contributed by atoms with Crippen LogP contribution in [0.2, 0.25) is 0 Å². The molecule has 28 heavy (non-hydrogen) atoms. The molecule has 4 rings (SSSR count). The molecular formula is C22H19NO5. The number of esters is 1. The molecule has 142 valence electrons. The van der Waals surface area contributed by atoms with Crippen molar-refractivity contribution in [2.45, 2.75) is 32.2 Å². The molecule has 1 amide bonds. The number of ketones is 2. The molecule has 0 fully saturated rings. The van der Waals surface area contributed by atoms with E-state index in [1.807, 2.05) is 0 Å². The lowest BCUT2D eigenvalue weighted by Crippen LogP contribution is -2.55. The van der Waals surface area contributed by atoms with Crippen LogP contribution in [-0.4, -0.2) is 35.6 Å². The number of carbonyl (C=O) groups excluding carboxylic acids is 4. The van der Waals surface area contributed by atoms with Gasteiger partial charge in [-0.1, -0.05) is 24.3 Å². The third kappa shape index (κ3) is 2.64. The maximum Gasteiger partial charge on any atom is 0.332 e. The van der Waals surface area contributed by atoms with Crippen molar-refractivity contribution in [2.75, 3.05) is 6.61 Å². The molecule has 0 radical (unpaired) electrons. The highest BCUT2D eigenvalue weighted by molar-refractivity contribution is 6.28. The summed E-state index contributed by atoms with van der Waals surface area (Å²) in [6.07, 6.45) is 0.439. The normalized spacial score (nSPS) is 16.1. The molecule has 0 aromatic heterocycles. The summed E-state index contributed by atoms with van der Waals surface area (Å²) >= 11 is 0. The van der Waals surface area contributed by atoms with Crippen LogP contribution in [0.4, 0.5) is 0 Å². The van der Waals surface area contributed by atoms with Crippen LogP contribution < -0.4 is 5.32 Å². The lowest BCUT2D eigenvalue weighted by molar-refractivity contribution is -0.152.